The van der Waals surface area contributed by atoms with Crippen LogP contribution in [0.1, 0.15) is 32.8 Å². The van der Waals surface area contributed by atoms with Crippen molar-refractivity contribution in [1.29, 1.82) is 0 Å². The van der Waals surface area contributed by atoms with E-state index in [0.29, 0.717) is 28.5 Å². The van der Waals surface area contributed by atoms with Crippen molar-refractivity contribution in [3.05, 3.63) is 103 Å². The van der Waals surface area contributed by atoms with Crippen molar-refractivity contribution in [2.24, 2.45) is 0 Å². The van der Waals surface area contributed by atoms with Crippen LogP contribution in [0.3, 0.4) is 0 Å². The fourth-order valence-electron chi connectivity index (χ4n) is 4.89. The minimum absolute atomic E-state index is 0.0128. The lowest BCUT2D eigenvalue weighted by atomic mass is 9.87. The van der Waals surface area contributed by atoms with Gasteiger partial charge < -0.3 is 29.0 Å². The number of methoxy groups -OCH3 is 3. The summed E-state index contributed by atoms with van der Waals surface area (Å²) in [6.45, 7) is 5.98. The molecular weight excluding hydrogens is 673 g/mol. The predicted molar refractivity (Wildman–Crippen MR) is 195 cm³/mol. The molecule has 1 aromatic heterocycles. The van der Waals surface area contributed by atoms with Gasteiger partial charge in [0.15, 0.2) is 23.1 Å². The second kappa shape index (κ2) is 15.8. The van der Waals surface area contributed by atoms with E-state index < -0.39 is 10.0 Å². The number of nitrogens with one attached hydrogen (secondary N) is 2. The van der Waals surface area contributed by atoms with Gasteiger partial charge >= 0.3 is 0 Å². The second-order valence-corrected chi connectivity index (χ2v) is 13.9. The average molecular weight is 713 g/mol. The van der Waals surface area contributed by atoms with E-state index in [1.165, 1.54) is 26.4 Å². The van der Waals surface area contributed by atoms with Crippen molar-refractivity contribution in [3.63, 3.8) is 0 Å². The summed E-state index contributed by atoms with van der Waals surface area (Å²) >= 11 is 0. The van der Waals surface area contributed by atoms with Gasteiger partial charge in [0.2, 0.25) is 11.7 Å². The summed E-state index contributed by atoms with van der Waals surface area (Å²) in [5.74, 6) is 1.03. The zero-order valence-corrected chi connectivity index (χ0v) is 30.0. The van der Waals surface area contributed by atoms with Crippen molar-refractivity contribution in [1.82, 2.24) is 9.97 Å². The number of ether oxygens (including phenoxy) is 5. The topological polar surface area (TPSA) is 147 Å². The maximum atomic E-state index is 13.9. The summed E-state index contributed by atoms with van der Waals surface area (Å²) < 4.78 is 58.9. The summed E-state index contributed by atoms with van der Waals surface area (Å²) in [5, 5.41) is 2.81. The molecule has 0 fully saturated rings. The molecule has 0 radical (unpaired) electrons. The van der Waals surface area contributed by atoms with E-state index in [0.717, 1.165) is 5.56 Å². The number of nitrogens with zero attached hydrogens (tertiary/aromatic N) is 2. The van der Waals surface area contributed by atoms with Crippen LogP contribution in [-0.4, -0.2) is 52.2 Å². The minimum atomic E-state index is -4.21. The maximum Gasteiger partial charge on any atom is 0.263 e. The Hall–Kier alpha value is -5.82. The quantitative estimate of drug-likeness (QED) is 0.119. The highest BCUT2D eigenvalue weighted by Crippen LogP contribution is 2.42. The van der Waals surface area contributed by atoms with Crippen LogP contribution in [0.15, 0.2) is 102 Å². The molecule has 266 valence electrons. The van der Waals surface area contributed by atoms with E-state index in [9.17, 15) is 13.2 Å². The molecule has 4 aromatic carbocycles. The van der Waals surface area contributed by atoms with Gasteiger partial charge in [0.05, 0.1) is 44.9 Å². The Morgan fingerprint density at radius 3 is 2.00 bits per heavy atom. The standard InChI is InChI=1S/C38H40N4O8S/c1-38(2,3)26-17-21-28(22-18-26)51(44,45)42-36-34(50-32-14-10-9-13-31(32)48-6)37(41-35(40-36)25-15-19-27(46-4)20-16-25)49-24-23-33(43)39-29-11-7-8-12-30(29)47-5/h7-22H,23-24H2,1-6H3,(H,39,43)(H,40,41,42). The zero-order chi connectivity index (χ0) is 36.6. The molecule has 5 rings (SSSR count). The van der Waals surface area contributed by atoms with Crippen LogP contribution in [-0.2, 0) is 20.2 Å². The largest absolute Gasteiger partial charge is 0.497 e. The van der Waals surface area contributed by atoms with Gasteiger partial charge in [-0.3, -0.25) is 9.52 Å². The van der Waals surface area contributed by atoms with Crippen LogP contribution in [0.25, 0.3) is 11.4 Å². The first-order valence-corrected chi connectivity index (χ1v) is 17.5. The average Bonchev–Trinajstić information content (AvgIpc) is 3.12. The van der Waals surface area contributed by atoms with Gasteiger partial charge in [-0.15, -0.1) is 0 Å². The normalized spacial score (nSPS) is 11.3. The lowest BCUT2D eigenvalue weighted by Crippen LogP contribution is -2.18. The van der Waals surface area contributed by atoms with E-state index in [-0.39, 0.29) is 58.3 Å². The number of benzene rings is 4. The zero-order valence-electron chi connectivity index (χ0n) is 29.2. The van der Waals surface area contributed by atoms with E-state index >= 15 is 0 Å². The molecule has 0 bridgehead atoms. The Bertz CT molecular complexity index is 2080. The van der Waals surface area contributed by atoms with E-state index in [2.05, 4.69) is 20.0 Å². The van der Waals surface area contributed by atoms with Crippen LogP contribution in [0.2, 0.25) is 0 Å². The molecule has 1 heterocycles. The molecule has 0 unspecified atom stereocenters. The molecule has 0 aliphatic carbocycles. The molecule has 0 spiro atoms. The summed E-state index contributed by atoms with van der Waals surface area (Å²) in [4.78, 5) is 22.2. The Labute approximate surface area is 297 Å². The van der Waals surface area contributed by atoms with Crippen LogP contribution in [0.4, 0.5) is 11.5 Å². The maximum absolute atomic E-state index is 13.9. The number of carbonyl (C=O) groups is 1. The fourth-order valence-corrected chi connectivity index (χ4v) is 5.90. The van der Waals surface area contributed by atoms with Crippen molar-refractivity contribution < 1.29 is 36.9 Å². The predicted octanol–water partition coefficient (Wildman–Crippen LogP) is 7.47. The highest BCUT2D eigenvalue weighted by atomic mass is 32.2. The molecule has 12 nitrogen and oxygen atoms in total. The third-order valence-electron chi connectivity index (χ3n) is 7.67. The highest BCUT2D eigenvalue weighted by molar-refractivity contribution is 7.92. The lowest BCUT2D eigenvalue weighted by Gasteiger charge is -2.20. The first-order chi connectivity index (χ1) is 24.4. The molecule has 0 atom stereocenters. The number of anilines is 2. The SMILES string of the molecule is COc1ccc(-c2nc(NS(=O)(=O)c3ccc(C(C)(C)C)cc3)c(Oc3ccccc3OC)c(OCCC(=O)Nc3ccccc3OC)n2)cc1. The number of rotatable bonds is 14. The van der Waals surface area contributed by atoms with Gasteiger partial charge in [-0.1, -0.05) is 57.2 Å². The summed E-state index contributed by atoms with van der Waals surface area (Å²) in [6, 6.07) is 27.4. The van der Waals surface area contributed by atoms with Crippen LogP contribution in [0.5, 0.6) is 34.6 Å². The van der Waals surface area contributed by atoms with Gasteiger partial charge in [0, 0.05) is 5.56 Å². The number of para-hydroxylation sites is 4. The van der Waals surface area contributed by atoms with Crippen molar-refractivity contribution in [3.8, 4) is 46.0 Å². The van der Waals surface area contributed by atoms with Crippen molar-refractivity contribution >= 4 is 27.4 Å². The number of hydrogen-bond donors (Lipinski definition) is 2. The molecule has 51 heavy (non-hydrogen) atoms. The molecule has 0 aliphatic rings. The number of amides is 1. The molecule has 0 saturated carbocycles. The summed E-state index contributed by atoms with van der Waals surface area (Å²) in [6.07, 6.45) is -0.0881. The molecule has 0 saturated heterocycles. The minimum Gasteiger partial charge on any atom is -0.497 e. The van der Waals surface area contributed by atoms with Gasteiger partial charge in [-0.25, -0.2) is 13.4 Å². The van der Waals surface area contributed by atoms with Gasteiger partial charge in [-0.05, 0) is 71.6 Å². The highest BCUT2D eigenvalue weighted by Gasteiger charge is 2.26. The van der Waals surface area contributed by atoms with E-state index in [4.69, 9.17) is 23.7 Å². The molecule has 2 N–H and O–H groups in total. The molecule has 1 amide bonds. The van der Waals surface area contributed by atoms with Crippen LogP contribution in [0, 0.1) is 0 Å². The Kier molecular flexibility index (Phi) is 11.3. The molecule has 0 aliphatic heterocycles. The van der Waals surface area contributed by atoms with E-state index in [1.54, 1.807) is 92.0 Å². The van der Waals surface area contributed by atoms with Gasteiger partial charge in [0.1, 0.15) is 11.5 Å². The second-order valence-electron chi connectivity index (χ2n) is 12.2. The molecular formula is C38H40N4O8S. The summed E-state index contributed by atoms with van der Waals surface area (Å²) in [5.41, 5.74) is 1.83. The molecule has 13 heteroatoms. The van der Waals surface area contributed by atoms with Crippen molar-refractivity contribution in [2.75, 3.05) is 38.0 Å². The Balaban J connectivity index is 1.56. The third kappa shape index (κ3) is 9.05. The third-order valence-corrected chi connectivity index (χ3v) is 9.03. The fraction of sp³-hybridized carbons (Fsp3) is 0.237. The number of hydrogen-bond acceptors (Lipinski definition) is 10. The summed E-state index contributed by atoms with van der Waals surface area (Å²) in [7, 11) is 0.331. The smallest absolute Gasteiger partial charge is 0.263 e. The first kappa shape index (κ1) is 36.5. The van der Waals surface area contributed by atoms with Crippen LogP contribution >= 0.6 is 0 Å². The number of aromatic nitrogens is 2. The molecule has 5 aromatic rings. The van der Waals surface area contributed by atoms with Crippen molar-refractivity contribution in [2.45, 2.75) is 37.5 Å². The monoisotopic (exact) mass is 712 g/mol. The number of sulfonamides is 1. The first-order valence-electron chi connectivity index (χ1n) is 16.0. The number of carbonyl (C=O) groups excluding carboxylic acids is 1. The van der Waals surface area contributed by atoms with Gasteiger partial charge in [0.25, 0.3) is 15.9 Å². The lowest BCUT2D eigenvalue weighted by molar-refractivity contribution is -0.116. The Morgan fingerprint density at radius 2 is 1.37 bits per heavy atom. The van der Waals surface area contributed by atoms with Gasteiger partial charge in [-0.2, -0.15) is 4.98 Å². The van der Waals surface area contributed by atoms with E-state index in [1.807, 2.05) is 20.8 Å². The van der Waals surface area contributed by atoms with Crippen LogP contribution < -0.4 is 33.7 Å². The Morgan fingerprint density at radius 1 is 0.745 bits per heavy atom.